The Labute approximate surface area is 272 Å². The topological polar surface area (TPSA) is 0 Å². The van der Waals surface area contributed by atoms with Gasteiger partial charge in [0.2, 0.25) is 0 Å². The first-order valence-electron chi connectivity index (χ1n) is 14.5. The van der Waals surface area contributed by atoms with Crippen LogP contribution in [0.3, 0.4) is 0 Å². The van der Waals surface area contributed by atoms with Crippen LogP contribution in [0.2, 0.25) is 0 Å². The first kappa shape index (κ1) is 35.2. The number of hydrogen-bond acceptors (Lipinski definition) is 0. The molecule has 0 N–H and O–H groups in total. The van der Waals surface area contributed by atoms with Crippen LogP contribution in [0.1, 0.15) is 93.2 Å². The van der Waals surface area contributed by atoms with Gasteiger partial charge in [-0.3, -0.25) is 0 Å². The molecule has 0 spiro atoms. The van der Waals surface area contributed by atoms with Crippen molar-refractivity contribution in [3.8, 4) is 0 Å². The van der Waals surface area contributed by atoms with E-state index in [9.17, 15) is 0 Å². The summed E-state index contributed by atoms with van der Waals surface area (Å²) in [5.41, 5.74) is 10.3. The standard InChI is InChI=1S/C29H37.C5H5.C3H6.2ClH.Zr/c1-18-25-22-17-19-13-9-10-14-20(19)24(22)21-15-11-12-16-23(21)29(25,8)28(6,7)27(4,5)26(18,2)3;1-2-4-5-3-1;1-3-2;;;/h9-11,13-15,23H,12,16-17H2,1-8H3;1-5H;1-2H3;2*1H;/q2*-1;;;;+2/p-2. The van der Waals surface area contributed by atoms with Gasteiger partial charge >= 0.3 is 41.3 Å². The van der Waals surface area contributed by atoms with Crippen molar-refractivity contribution in [2.45, 2.75) is 88.5 Å². The van der Waals surface area contributed by atoms with Crippen LogP contribution in [-0.4, -0.2) is 3.21 Å². The van der Waals surface area contributed by atoms with Gasteiger partial charge in [-0.2, -0.15) is 29.3 Å². The van der Waals surface area contributed by atoms with Crippen molar-refractivity contribution in [3.63, 3.8) is 0 Å². The second kappa shape index (κ2) is 12.7. The predicted molar refractivity (Wildman–Crippen MR) is 163 cm³/mol. The van der Waals surface area contributed by atoms with Gasteiger partial charge in [-0.1, -0.05) is 113 Å². The molecule has 2 aromatic carbocycles. The molecule has 0 aromatic heterocycles. The molecule has 0 saturated heterocycles. The zero-order valence-electron chi connectivity index (χ0n) is 26.3. The van der Waals surface area contributed by atoms with Gasteiger partial charge in [0.05, 0.1) is 0 Å². The summed E-state index contributed by atoms with van der Waals surface area (Å²) in [6.45, 7) is 24.5. The number of hydrogen-bond donors (Lipinski definition) is 0. The Morgan fingerprint density at radius 3 is 2.02 bits per heavy atom. The Kier molecular flexibility index (Phi) is 11.2. The molecule has 6 rings (SSSR count). The monoisotopic (exact) mass is 652 g/mol. The summed E-state index contributed by atoms with van der Waals surface area (Å²) >= 11 is 1.55. The van der Waals surface area contributed by atoms with Crippen molar-refractivity contribution in [1.29, 1.82) is 0 Å². The molecule has 2 unspecified atom stereocenters. The van der Waals surface area contributed by atoms with Crippen LogP contribution in [0.25, 0.3) is 5.57 Å². The van der Waals surface area contributed by atoms with E-state index in [4.69, 9.17) is 0 Å². The maximum Gasteiger partial charge on any atom is -0.172 e. The van der Waals surface area contributed by atoms with Crippen molar-refractivity contribution in [3.05, 3.63) is 101 Å². The van der Waals surface area contributed by atoms with Gasteiger partial charge in [0.1, 0.15) is 0 Å². The summed E-state index contributed by atoms with van der Waals surface area (Å²) in [6.07, 6.45) is 8.50. The maximum atomic E-state index is 2.62. The molecule has 0 radical (unpaired) electrons. The Balaban J connectivity index is 0.000000441. The van der Waals surface area contributed by atoms with E-state index < -0.39 is 0 Å². The maximum absolute atomic E-state index is 2.62. The minimum absolute atomic E-state index is 0. The smallest absolute Gasteiger partial charge is 0.172 e. The number of halogens is 2. The molecule has 0 heterocycles. The van der Waals surface area contributed by atoms with Gasteiger partial charge < -0.3 is 24.8 Å². The molecule has 0 nitrogen and oxygen atoms in total. The third kappa shape index (κ3) is 5.31. The van der Waals surface area contributed by atoms with Crippen LogP contribution in [0, 0.1) is 33.5 Å². The number of fused-ring (bicyclic) bond motifs is 6. The summed E-state index contributed by atoms with van der Waals surface area (Å²) in [5.74, 6) is 2.24. The van der Waals surface area contributed by atoms with Crippen molar-refractivity contribution >= 4 is 8.78 Å². The van der Waals surface area contributed by atoms with Gasteiger partial charge in [0, 0.05) is 0 Å². The molecule has 4 aliphatic rings. The van der Waals surface area contributed by atoms with Crippen LogP contribution in [0.5, 0.6) is 0 Å². The summed E-state index contributed by atoms with van der Waals surface area (Å²) in [5, 5.41) is 0. The van der Waals surface area contributed by atoms with E-state index in [2.05, 4.69) is 106 Å². The van der Waals surface area contributed by atoms with Gasteiger partial charge in [0.15, 0.2) is 0 Å². The molecular weight excluding hydrogens is 607 g/mol. The molecule has 3 heteroatoms. The number of benzene rings is 1. The number of rotatable bonds is 0. The van der Waals surface area contributed by atoms with E-state index in [1.807, 2.05) is 30.3 Å². The van der Waals surface area contributed by atoms with Gasteiger partial charge in [-0.15, -0.1) is 6.92 Å². The molecule has 4 aliphatic carbocycles. The Morgan fingerprint density at radius 1 is 0.900 bits per heavy atom. The summed E-state index contributed by atoms with van der Waals surface area (Å²) in [7, 11) is 0. The van der Waals surface area contributed by atoms with Crippen molar-refractivity contribution in [1.82, 2.24) is 0 Å². The summed E-state index contributed by atoms with van der Waals surface area (Å²) < 4.78 is 1.51. The van der Waals surface area contributed by atoms with E-state index >= 15 is 0 Å². The molecule has 0 bridgehead atoms. The fraction of sp³-hybridized carbons (Fsp3) is 0.486. The molecule has 2 aromatic rings. The zero-order valence-corrected chi connectivity index (χ0v) is 30.3. The van der Waals surface area contributed by atoms with E-state index in [1.165, 1.54) is 27.2 Å². The molecule has 1 fully saturated rings. The van der Waals surface area contributed by atoms with Crippen LogP contribution < -0.4 is 24.8 Å². The normalized spacial score (nSPS) is 25.8. The molecular formula is C37H48Cl2Zr-2. The minimum atomic E-state index is 0. The van der Waals surface area contributed by atoms with Gasteiger partial charge in [-0.05, 0) is 40.6 Å². The first-order valence-corrected chi connectivity index (χ1v) is 15.7. The van der Waals surface area contributed by atoms with Gasteiger partial charge in [0.25, 0.3) is 0 Å². The zero-order chi connectivity index (χ0) is 28.1. The van der Waals surface area contributed by atoms with E-state index in [0.717, 1.165) is 6.42 Å². The fourth-order valence-corrected chi connectivity index (χ4v) is 7.89. The average Bonchev–Trinajstić information content (AvgIpc) is 3.54. The largest absolute Gasteiger partial charge is 1.00 e. The van der Waals surface area contributed by atoms with Crippen molar-refractivity contribution in [2.24, 2.45) is 27.6 Å². The molecule has 216 valence electrons. The Morgan fingerprint density at radius 2 is 1.48 bits per heavy atom. The summed E-state index contributed by atoms with van der Waals surface area (Å²) in [6, 6.07) is 19.2. The van der Waals surface area contributed by atoms with Crippen molar-refractivity contribution < 1.29 is 49.0 Å². The first-order chi connectivity index (χ1) is 17.7. The molecule has 2 atom stereocenters. The third-order valence-corrected chi connectivity index (χ3v) is 11.3. The third-order valence-electron chi connectivity index (χ3n) is 11.3. The fourth-order valence-electron chi connectivity index (χ4n) is 7.89. The van der Waals surface area contributed by atoms with Crippen LogP contribution in [0.4, 0.5) is 0 Å². The number of allylic oxidation sites excluding steroid dienone is 6. The van der Waals surface area contributed by atoms with E-state index in [0.29, 0.717) is 5.92 Å². The SMILES string of the molecule is C[C-]1C2=C3Cc4ccccc4C3=C3C=CCCC3C2(C)C(C)(C)C(C)(C)C1(C)C.C[C](C)=[Zr+2].[Cl-].[Cl-].c1cc[cH-]c1. The Bertz CT molecular complexity index is 1260. The van der Waals surface area contributed by atoms with Crippen LogP contribution in [0.15, 0.2) is 83.5 Å². The van der Waals surface area contributed by atoms with E-state index in [-0.39, 0.29) is 46.5 Å². The molecule has 1 saturated carbocycles. The molecule has 0 aliphatic heterocycles. The quantitative estimate of drug-likeness (QED) is 0.375. The minimum Gasteiger partial charge on any atom is -1.00 e. The van der Waals surface area contributed by atoms with Crippen molar-refractivity contribution in [2.75, 3.05) is 0 Å². The van der Waals surface area contributed by atoms with E-state index in [1.54, 1.807) is 52.4 Å². The van der Waals surface area contributed by atoms with Crippen LogP contribution in [-0.2, 0) is 30.7 Å². The Hall–Kier alpha value is -1.01. The van der Waals surface area contributed by atoms with Gasteiger partial charge in [-0.25, -0.2) is 18.1 Å². The van der Waals surface area contributed by atoms with Crippen LogP contribution >= 0.6 is 0 Å². The predicted octanol–water partition coefficient (Wildman–Crippen LogP) is 4.12. The molecule has 0 amide bonds. The second-order valence-electron chi connectivity index (χ2n) is 13.7. The molecule has 40 heavy (non-hydrogen) atoms. The average molecular weight is 655 g/mol. The second-order valence-corrected chi connectivity index (χ2v) is 16.2. The summed E-state index contributed by atoms with van der Waals surface area (Å²) in [4.78, 5) is 0.